The van der Waals surface area contributed by atoms with Gasteiger partial charge in [-0.15, -0.1) is 0 Å². The highest BCUT2D eigenvalue weighted by Gasteiger charge is 2.16. The summed E-state index contributed by atoms with van der Waals surface area (Å²) in [6.07, 6.45) is 9.98. The minimum Gasteiger partial charge on any atom is -0.410 e. The summed E-state index contributed by atoms with van der Waals surface area (Å²) in [4.78, 5) is 38.3. The number of hydrogen-bond acceptors (Lipinski definition) is 6. The van der Waals surface area contributed by atoms with Crippen LogP contribution in [0.1, 0.15) is 62.8 Å². The summed E-state index contributed by atoms with van der Waals surface area (Å²) < 4.78 is 8.49. The van der Waals surface area contributed by atoms with Crippen molar-refractivity contribution in [3.63, 3.8) is 0 Å². The van der Waals surface area contributed by atoms with Crippen LogP contribution < -0.4 is 15.9 Å². The lowest BCUT2D eigenvalue weighted by Gasteiger charge is -2.26. The maximum absolute atomic E-state index is 12.7. The highest BCUT2D eigenvalue weighted by molar-refractivity contribution is 5.76. The third-order valence-corrected chi connectivity index (χ3v) is 6.63. The average molecular weight is 521 g/mol. The Bertz CT molecular complexity index is 1320. The third kappa shape index (κ3) is 7.30. The van der Waals surface area contributed by atoms with Crippen LogP contribution in [0.3, 0.4) is 0 Å². The van der Waals surface area contributed by atoms with Crippen molar-refractivity contribution in [2.24, 2.45) is 11.7 Å². The van der Waals surface area contributed by atoms with Gasteiger partial charge in [0, 0.05) is 44.7 Å². The van der Waals surface area contributed by atoms with E-state index in [0.717, 1.165) is 49.2 Å². The first-order valence-corrected chi connectivity index (χ1v) is 13.3. The van der Waals surface area contributed by atoms with Crippen LogP contribution in [-0.4, -0.2) is 49.6 Å². The number of primary amides is 1. The summed E-state index contributed by atoms with van der Waals surface area (Å²) in [6.45, 7) is 6.59. The van der Waals surface area contributed by atoms with Crippen LogP contribution in [-0.2, 0) is 24.2 Å². The van der Waals surface area contributed by atoms with E-state index in [1.54, 1.807) is 33.9 Å². The smallest absolute Gasteiger partial charge is 0.409 e. The molecule has 2 aromatic heterocycles. The number of nitrogens with two attached hydrogens (primary N) is 1. The summed E-state index contributed by atoms with van der Waals surface area (Å²) in [5.74, 6) is 0.945. The summed E-state index contributed by atoms with van der Waals surface area (Å²) >= 11 is 0. The van der Waals surface area contributed by atoms with Gasteiger partial charge in [0.05, 0.1) is 12.4 Å². The molecular weight excluding hydrogens is 484 g/mol. The molecule has 2 N–H and O–H groups in total. The molecule has 3 heterocycles. The van der Waals surface area contributed by atoms with E-state index in [4.69, 9.17) is 10.5 Å². The molecule has 0 atom stereocenters. The zero-order chi connectivity index (χ0) is 27.1. The van der Waals surface area contributed by atoms with Crippen molar-refractivity contribution in [2.45, 2.75) is 65.3 Å². The quantitative estimate of drug-likeness (QED) is 0.436. The lowest BCUT2D eigenvalue weighted by atomic mass is 9.95. The monoisotopic (exact) mass is 520 g/mol. The van der Waals surface area contributed by atoms with Crippen LogP contribution in [0, 0.1) is 5.92 Å². The van der Waals surface area contributed by atoms with E-state index in [1.165, 1.54) is 12.5 Å². The number of carbonyl (C=O) groups is 2. The molecule has 10 heteroatoms. The minimum atomic E-state index is -0.888. The second-order valence-corrected chi connectivity index (χ2v) is 10.2. The number of carbonyl (C=O) groups excluding carboxylic acids is 2. The van der Waals surface area contributed by atoms with Crippen molar-refractivity contribution < 1.29 is 14.3 Å². The Hall–Kier alpha value is -3.95. The Morgan fingerprint density at radius 2 is 1.89 bits per heavy atom. The first kappa shape index (κ1) is 27.1. The summed E-state index contributed by atoms with van der Waals surface area (Å²) in [7, 11) is 0. The van der Waals surface area contributed by atoms with E-state index in [1.807, 2.05) is 17.2 Å². The van der Waals surface area contributed by atoms with Crippen LogP contribution in [0.4, 0.5) is 4.79 Å². The van der Waals surface area contributed by atoms with Gasteiger partial charge in [0.1, 0.15) is 17.1 Å². The normalized spacial score (nSPS) is 13.6. The first-order valence-electron chi connectivity index (χ1n) is 13.3. The van der Waals surface area contributed by atoms with Crippen LogP contribution >= 0.6 is 0 Å². The number of ether oxygens (including phenoxy) is 1. The van der Waals surface area contributed by atoms with Crippen molar-refractivity contribution in [2.75, 3.05) is 13.1 Å². The number of hydrogen-bond donors (Lipinski definition) is 1. The highest BCUT2D eigenvalue weighted by atomic mass is 16.5. The SMILES string of the molecule is CC(C)Cc1ccc(OC(N)=O)cc1Cc1nn(-c2cnn(CCCC(=O)N3CCCCC3)c2)ccc1=O. The molecule has 10 nitrogen and oxygen atoms in total. The Morgan fingerprint density at radius 1 is 1.11 bits per heavy atom. The molecule has 4 rings (SSSR count). The van der Waals surface area contributed by atoms with Gasteiger partial charge in [-0.25, -0.2) is 9.48 Å². The molecule has 2 amide bonds. The van der Waals surface area contributed by atoms with Crippen LogP contribution in [0.25, 0.3) is 5.69 Å². The molecule has 0 aliphatic carbocycles. The minimum absolute atomic E-state index is 0.179. The van der Waals surface area contributed by atoms with Crippen LogP contribution in [0.2, 0.25) is 0 Å². The number of piperidine rings is 1. The topological polar surface area (TPSA) is 125 Å². The van der Waals surface area contributed by atoms with E-state index in [9.17, 15) is 14.4 Å². The van der Waals surface area contributed by atoms with E-state index in [-0.39, 0.29) is 17.8 Å². The van der Waals surface area contributed by atoms with Crippen molar-refractivity contribution in [1.29, 1.82) is 0 Å². The molecule has 1 aliphatic rings. The number of rotatable bonds is 10. The van der Waals surface area contributed by atoms with E-state index in [0.29, 0.717) is 36.7 Å². The Balaban J connectivity index is 1.46. The number of aromatic nitrogens is 4. The molecule has 0 saturated carbocycles. The average Bonchev–Trinajstić information content (AvgIpc) is 3.35. The van der Waals surface area contributed by atoms with E-state index in [2.05, 4.69) is 24.0 Å². The zero-order valence-electron chi connectivity index (χ0n) is 22.1. The van der Waals surface area contributed by atoms with E-state index >= 15 is 0 Å². The molecular formula is C28H36N6O4. The zero-order valence-corrected chi connectivity index (χ0v) is 22.1. The molecule has 38 heavy (non-hydrogen) atoms. The molecule has 202 valence electrons. The molecule has 1 aromatic carbocycles. The maximum atomic E-state index is 12.7. The van der Waals surface area contributed by atoms with Gasteiger partial charge in [-0.05, 0) is 61.3 Å². The number of aryl methyl sites for hydroxylation is 1. The summed E-state index contributed by atoms with van der Waals surface area (Å²) in [6, 6.07) is 6.83. The fourth-order valence-corrected chi connectivity index (χ4v) is 4.77. The molecule has 0 unspecified atom stereocenters. The highest BCUT2D eigenvalue weighted by Crippen LogP contribution is 2.23. The van der Waals surface area contributed by atoms with Gasteiger partial charge >= 0.3 is 6.09 Å². The Labute approximate surface area is 222 Å². The largest absolute Gasteiger partial charge is 0.410 e. The van der Waals surface area contributed by atoms with Gasteiger partial charge < -0.3 is 15.4 Å². The van der Waals surface area contributed by atoms with Crippen molar-refractivity contribution in [3.05, 3.63) is 69.9 Å². The molecule has 0 spiro atoms. The lowest BCUT2D eigenvalue weighted by Crippen LogP contribution is -2.35. The molecule has 3 aromatic rings. The predicted molar refractivity (Wildman–Crippen MR) is 143 cm³/mol. The third-order valence-electron chi connectivity index (χ3n) is 6.63. The fourth-order valence-electron chi connectivity index (χ4n) is 4.77. The van der Waals surface area contributed by atoms with Gasteiger partial charge in [0.25, 0.3) is 0 Å². The van der Waals surface area contributed by atoms with Crippen LogP contribution in [0.15, 0.2) is 47.7 Å². The lowest BCUT2D eigenvalue weighted by molar-refractivity contribution is -0.132. The van der Waals surface area contributed by atoms with Gasteiger partial charge in [-0.1, -0.05) is 19.9 Å². The predicted octanol–water partition coefficient (Wildman–Crippen LogP) is 3.47. The molecule has 1 saturated heterocycles. The number of amides is 2. The number of likely N-dealkylation sites (tertiary alicyclic amines) is 1. The first-order chi connectivity index (χ1) is 18.3. The fraction of sp³-hybridized carbons (Fsp3) is 0.464. The van der Waals surface area contributed by atoms with Crippen LogP contribution in [0.5, 0.6) is 5.75 Å². The number of nitrogens with zero attached hydrogens (tertiary/aromatic N) is 5. The van der Waals surface area contributed by atoms with Gasteiger partial charge in [0.15, 0.2) is 0 Å². The van der Waals surface area contributed by atoms with Crippen molar-refractivity contribution in [1.82, 2.24) is 24.5 Å². The van der Waals surface area contributed by atoms with Crippen molar-refractivity contribution >= 4 is 12.0 Å². The van der Waals surface area contributed by atoms with Gasteiger partial charge in [-0.2, -0.15) is 10.2 Å². The maximum Gasteiger partial charge on any atom is 0.409 e. The standard InChI is InChI=1S/C28H36N6O4/c1-20(2)15-21-8-9-24(38-28(29)37)16-22(21)17-25-26(35)10-14-34(31-25)23-18-30-33(19-23)13-6-7-27(36)32-11-4-3-5-12-32/h8-10,14,16,18-20H,3-7,11-13,15,17H2,1-2H3,(H2,29,37). The van der Waals surface area contributed by atoms with E-state index < -0.39 is 6.09 Å². The Kier molecular flexibility index (Phi) is 8.93. The second kappa shape index (κ2) is 12.5. The molecule has 0 radical (unpaired) electrons. The molecule has 1 aliphatic heterocycles. The number of benzene rings is 1. The van der Waals surface area contributed by atoms with Gasteiger partial charge in [-0.3, -0.25) is 14.3 Å². The van der Waals surface area contributed by atoms with Crippen molar-refractivity contribution in [3.8, 4) is 11.4 Å². The second-order valence-electron chi connectivity index (χ2n) is 10.2. The molecule has 0 bridgehead atoms. The Morgan fingerprint density at radius 3 is 2.63 bits per heavy atom. The van der Waals surface area contributed by atoms with Gasteiger partial charge in [0.2, 0.25) is 11.3 Å². The summed E-state index contributed by atoms with van der Waals surface area (Å²) in [5, 5.41) is 9.01. The molecule has 1 fully saturated rings. The summed E-state index contributed by atoms with van der Waals surface area (Å²) in [5.41, 5.74) is 8.01.